The van der Waals surface area contributed by atoms with Gasteiger partial charge in [0.1, 0.15) is 0 Å². The first-order chi connectivity index (χ1) is 7.31. The standard InChI is InChI=1S/C12H22N2O/c1-2-11-13-9-12(15)14(11)8-7-10-5-3-4-6-10/h10-11,13H,2-9H2,1H3. The molecule has 2 aliphatic rings. The predicted molar refractivity (Wildman–Crippen MR) is 60.4 cm³/mol. The molecule has 1 atom stereocenters. The minimum atomic E-state index is 0.292. The Morgan fingerprint density at radius 1 is 1.40 bits per heavy atom. The molecule has 0 aromatic heterocycles. The van der Waals surface area contributed by atoms with E-state index in [2.05, 4.69) is 12.2 Å². The van der Waals surface area contributed by atoms with Crippen LogP contribution >= 0.6 is 0 Å². The second-order valence-corrected chi connectivity index (χ2v) is 4.83. The van der Waals surface area contributed by atoms with E-state index in [1.807, 2.05) is 4.90 Å². The van der Waals surface area contributed by atoms with Crippen molar-refractivity contribution in [2.75, 3.05) is 13.1 Å². The van der Waals surface area contributed by atoms with Gasteiger partial charge >= 0.3 is 0 Å². The SMILES string of the molecule is CCC1NCC(=O)N1CCC1CCCC1. The Balaban J connectivity index is 1.78. The highest BCUT2D eigenvalue weighted by molar-refractivity contribution is 5.80. The van der Waals surface area contributed by atoms with Crippen LogP contribution in [0.2, 0.25) is 0 Å². The van der Waals surface area contributed by atoms with E-state index in [1.54, 1.807) is 0 Å². The second kappa shape index (κ2) is 4.97. The molecule has 1 saturated heterocycles. The normalized spacial score (nSPS) is 27.9. The van der Waals surface area contributed by atoms with Crippen LogP contribution in [0, 0.1) is 5.92 Å². The van der Waals surface area contributed by atoms with E-state index < -0.39 is 0 Å². The first kappa shape index (κ1) is 10.9. The van der Waals surface area contributed by atoms with E-state index in [-0.39, 0.29) is 0 Å². The van der Waals surface area contributed by atoms with Crippen molar-refractivity contribution in [2.24, 2.45) is 5.92 Å². The maximum absolute atomic E-state index is 11.6. The zero-order chi connectivity index (χ0) is 10.7. The molecule has 0 radical (unpaired) electrons. The summed E-state index contributed by atoms with van der Waals surface area (Å²) in [5, 5.41) is 3.26. The van der Waals surface area contributed by atoms with Crippen LogP contribution in [0.15, 0.2) is 0 Å². The van der Waals surface area contributed by atoms with Crippen LogP contribution in [0.1, 0.15) is 45.4 Å². The maximum atomic E-state index is 11.6. The molecule has 0 spiro atoms. The summed E-state index contributed by atoms with van der Waals surface area (Å²) in [6.45, 7) is 3.65. The van der Waals surface area contributed by atoms with Crippen molar-refractivity contribution in [3.63, 3.8) is 0 Å². The Morgan fingerprint density at radius 2 is 2.13 bits per heavy atom. The average molecular weight is 210 g/mol. The topological polar surface area (TPSA) is 32.3 Å². The zero-order valence-corrected chi connectivity index (χ0v) is 9.67. The first-order valence-corrected chi connectivity index (χ1v) is 6.34. The Morgan fingerprint density at radius 3 is 2.80 bits per heavy atom. The van der Waals surface area contributed by atoms with Crippen LogP contribution in [0.3, 0.4) is 0 Å². The first-order valence-electron chi connectivity index (χ1n) is 6.34. The third-order valence-electron chi connectivity index (χ3n) is 3.83. The minimum absolute atomic E-state index is 0.292. The molecule has 1 saturated carbocycles. The summed E-state index contributed by atoms with van der Waals surface area (Å²) in [5.41, 5.74) is 0. The quantitative estimate of drug-likeness (QED) is 0.766. The van der Waals surface area contributed by atoms with E-state index in [9.17, 15) is 4.79 Å². The van der Waals surface area contributed by atoms with Gasteiger partial charge in [0, 0.05) is 6.54 Å². The summed E-state index contributed by atoms with van der Waals surface area (Å²) in [6, 6.07) is 0. The number of carbonyl (C=O) groups excluding carboxylic acids is 1. The molecule has 2 fully saturated rings. The molecule has 15 heavy (non-hydrogen) atoms. The molecule has 2 rings (SSSR count). The minimum Gasteiger partial charge on any atom is -0.326 e. The van der Waals surface area contributed by atoms with E-state index in [1.165, 1.54) is 32.1 Å². The number of carbonyl (C=O) groups is 1. The Hall–Kier alpha value is -0.570. The molecule has 86 valence electrons. The summed E-state index contributed by atoms with van der Waals surface area (Å²) >= 11 is 0. The summed E-state index contributed by atoms with van der Waals surface area (Å²) in [7, 11) is 0. The number of hydrogen-bond donors (Lipinski definition) is 1. The molecule has 1 aliphatic carbocycles. The average Bonchev–Trinajstić information content (AvgIpc) is 2.84. The molecule has 1 N–H and O–H groups in total. The van der Waals surface area contributed by atoms with E-state index >= 15 is 0 Å². The summed E-state index contributed by atoms with van der Waals surface area (Å²) in [5.74, 6) is 1.18. The molecular formula is C12H22N2O. The van der Waals surface area contributed by atoms with Gasteiger partial charge in [0.25, 0.3) is 0 Å². The van der Waals surface area contributed by atoms with Gasteiger partial charge in [0.15, 0.2) is 0 Å². The van der Waals surface area contributed by atoms with Gasteiger partial charge in [0.05, 0.1) is 12.7 Å². The molecule has 3 nitrogen and oxygen atoms in total. The highest BCUT2D eigenvalue weighted by Gasteiger charge is 2.29. The fourth-order valence-corrected chi connectivity index (χ4v) is 2.86. The monoisotopic (exact) mass is 210 g/mol. The summed E-state index contributed by atoms with van der Waals surface area (Å²) in [6.07, 6.45) is 8.10. The fourth-order valence-electron chi connectivity index (χ4n) is 2.86. The van der Waals surface area contributed by atoms with Crippen LogP contribution < -0.4 is 5.32 Å². The van der Waals surface area contributed by atoms with Crippen LogP contribution in [-0.2, 0) is 4.79 Å². The number of rotatable bonds is 4. The van der Waals surface area contributed by atoms with Gasteiger partial charge in [-0.15, -0.1) is 0 Å². The zero-order valence-electron chi connectivity index (χ0n) is 9.67. The summed E-state index contributed by atoms with van der Waals surface area (Å²) in [4.78, 5) is 13.7. The number of hydrogen-bond acceptors (Lipinski definition) is 2. The summed E-state index contributed by atoms with van der Waals surface area (Å²) < 4.78 is 0. The molecular weight excluding hydrogens is 188 g/mol. The lowest BCUT2D eigenvalue weighted by Gasteiger charge is -2.24. The fraction of sp³-hybridized carbons (Fsp3) is 0.917. The lowest BCUT2D eigenvalue weighted by molar-refractivity contribution is -0.128. The van der Waals surface area contributed by atoms with E-state index in [0.29, 0.717) is 18.6 Å². The van der Waals surface area contributed by atoms with Crippen molar-refractivity contribution in [2.45, 2.75) is 51.6 Å². The van der Waals surface area contributed by atoms with Crippen molar-refractivity contribution >= 4 is 5.91 Å². The van der Waals surface area contributed by atoms with Crippen molar-refractivity contribution in [3.8, 4) is 0 Å². The lowest BCUT2D eigenvalue weighted by Crippen LogP contribution is -2.37. The molecule has 0 aromatic carbocycles. The van der Waals surface area contributed by atoms with Gasteiger partial charge < -0.3 is 4.90 Å². The van der Waals surface area contributed by atoms with Gasteiger partial charge in [-0.2, -0.15) is 0 Å². The van der Waals surface area contributed by atoms with Crippen molar-refractivity contribution < 1.29 is 4.79 Å². The number of nitrogens with one attached hydrogen (secondary N) is 1. The predicted octanol–water partition coefficient (Wildman–Crippen LogP) is 1.73. The van der Waals surface area contributed by atoms with Crippen LogP contribution in [0.4, 0.5) is 0 Å². The Kier molecular flexibility index (Phi) is 3.62. The maximum Gasteiger partial charge on any atom is 0.237 e. The third-order valence-corrected chi connectivity index (χ3v) is 3.83. The van der Waals surface area contributed by atoms with Crippen LogP contribution in [-0.4, -0.2) is 30.1 Å². The van der Waals surface area contributed by atoms with Gasteiger partial charge in [-0.1, -0.05) is 32.6 Å². The highest BCUT2D eigenvalue weighted by atomic mass is 16.2. The van der Waals surface area contributed by atoms with Gasteiger partial charge in [0.2, 0.25) is 5.91 Å². The van der Waals surface area contributed by atoms with E-state index in [4.69, 9.17) is 0 Å². The van der Waals surface area contributed by atoms with Crippen molar-refractivity contribution in [1.29, 1.82) is 0 Å². The largest absolute Gasteiger partial charge is 0.326 e. The number of amides is 1. The third kappa shape index (κ3) is 2.51. The van der Waals surface area contributed by atoms with Crippen LogP contribution in [0.5, 0.6) is 0 Å². The molecule has 1 heterocycles. The smallest absolute Gasteiger partial charge is 0.237 e. The second-order valence-electron chi connectivity index (χ2n) is 4.83. The Labute approximate surface area is 92.2 Å². The molecule has 1 aliphatic heterocycles. The molecule has 1 amide bonds. The van der Waals surface area contributed by atoms with Crippen LogP contribution in [0.25, 0.3) is 0 Å². The van der Waals surface area contributed by atoms with Gasteiger partial charge in [-0.3, -0.25) is 10.1 Å². The van der Waals surface area contributed by atoms with Crippen molar-refractivity contribution in [3.05, 3.63) is 0 Å². The van der Waals surface area contributed by atoms with Crippen molar-refractivity contribution in [1.82, 2.24) is 10.2 Å². The van der Waals surface area contributed by atoms with Gasteiger partial charge in [-0.05, 0) is 18.8 Å². The lowest BCUT2D eigenvalue weighted by atomic mass is 10.0. The highest BCUT2D eigenvalue weighted by Crippen LogP contribution is 2.28. The van der Waals surface area contributed by atoms with Gasteiger partial charge in [-0.25, -0.2) is 0 Å². The van der Waals surface area contributed by atoms with E-state index in [0.717, 1.165) is 18.9 Å². The number of nitrogens with zero attached hydrogens (tertiary/aromatic N) is 1. The molecule has 0 aromatic rings. The molecule has 3 heteroatoms. The Bertz CT molecular complexity index is 224. The molecule has 1 unspecified atom stereocenters. The molecule has 0 bridgehead atoms.